The zero-order valence-corrected chi connectivity index (χ0v) is 15.6. The van der Waals surface area contributed by atoms with E-state index in [9.17, 15) is 4.79 Å². The van der Waals surface area contributed by atoms with Gasteiger partial charge in [-0.15, -0.1) is 11.3 Å². The molecule has 6 nitrogen and oxygen atoms in total. The van der Waals surface area contributed by atoms with Crippen LogP contribution in [0.5, 0.6) is 0 Å². The summed E-state index contributed by atoms with van der Waals surface area (Å²) in [5, 5.41) is 12.5. The molecule has 0 fully saturated rings. The highest BCUT2D eigenvalue weighted by atomic mass is 32.1. The minimum Gasteiger partial charge on any atom is -0.357 e. The Kier molecular flexibility index (Phi) is 8.02. The normalized spacial score (nSPS) is 12.1. The Balaban J connectivity index is 2.33. The molecule has 0 saturated heterocycles. The lowest BCUT2D eigenvalue weighted by Crippen LogP contribution is -2.43. The van der Waals surface area contributed by atoms with E-state index in [0.29, 0.717) is 19.6 Å². The summed E-state index contributed by atoms with van der Waals surface area (Å²) in [6, 6.07) is 0. The average Bonchev–Trinajstić information content (AvgIpc) is 2.87. The maximum Gasteiger partial charge on any atom is 0.225 e. The van der Waals surface area contributed by atoms with E-state index in [1.165, 1.54) is 0 Å². The number of aryl methyl sites for hydroxylation is 1. The molecule has 0 saturated carbocycles. The van der Waals surface area contributed by atoms with Crippen LogP contribution >= 0.6 is 11.3 Å². The molecule has 0 aliphatic heterocycles. The second kappa shape index (κ2) is 9.50. The molecule has 1 rings (SSSR count). The van der Waals surface area contributed by atoms with Crippen molar-refractivity contribution >= 4 is 23.2 Å². The molecule has 130 valence electrons. The number of hydrogen-bond acceptors (Lipinski definition) is 4. The fourth-order valence-corrected chi connectivity index (χ4v) is 2.42. The number of aromatic nitrogens is 1. The minimum atomic E-state index is -0.357. The van der Waals surface area contributed by atoms with E-state index in [0.717, 1.165) is 29.6 Å². The van der Waals surface area contributed by atoms with Crippen LogP contribution in [0.2, 0.25) is 0 Å². The maximum atomic E-state index is 11.8. The van der Waals surface area contributed by atoms with Gasteiger partial charge in [-0.05, 0) is 13.8 Å². The van der Waals surface area contributed by atoms with Crippen LogP contribution in [0.3, 0.4) is 0 Å². The van der Waals surface area contributed by atoms with Gasteiger partial charge in [0.25, 0.3) is 0 Å². The molecule has 0 aliphatic rings. The molecule has 0 spiro atoms. The summed E-state index contributed by atoms with van der Waals surface area (Å²) >= 11 is 1.66. The molecule has 23 heavy (non-hydrogen) atoms. The molecule has 0 aliphatic carbocycles. The first-order chi connectivity index (χ1) is 10.8. The largest absolute Gasteiger partial charge is 0.357 e. The zero-order valence-electron chi connectivity index (χ0n) is 14.8. The topological polar surface area (TPSA) is 78.4 Å². The number of nitrogens with zero attached hydrogens (tertiary/aromatic N) is 2. The van der Waals surface area contributed by atoms with Gasteiger partial charge in [0.05, 0.1) is 10.7 Å². The number of aliphatic imine (C=N–C) groups is 1. The first kappa shape index (κ1) is 19.4. The van der Waals surface area contributed by atoms with Crippen LogP contribution < -0.4 is 16.0 Å². The lowest BCUT2D eigenvalue weighted by atomic mass is 9.96. The summed E-state index contributed by atoms with van der Waals surface area (Å²) in [7, 11) is 0. The van der Waals surface area contributed by atoms with Crippen LogP contribution in [-0.2, 0) is 11.2 Å². The van der Waals surface area contributed by atoms with E-state index in [1.54, 1.807) is 11.3 Å². The van der Waals surface area contributed by atoms with Crippen LogP contribution in [0.25, 0.3) is 0 Å². The van der Waals surface area contributed by atoms with Crippen molar-refractivity contribution in [2.24, 2.45) is 10.4 Å². The maximum absolute atomic E-state index is 11.8. The Morgan fingerprint density at radius 3 is 2.52 bits per heavy atom. The Hall–Kier alpha value is -1.63. The zero-order chi connectivity index (χ0) is 17.3. The second-order valence-corrected chi connectivity index (χ2v) is 7.36. The fourth-order valence-electron chi connectivity index (χ4n) is 1.77. The molecule has 0 bridgehead atoms. The number of guanidine groups is 1. The lowest BCUT2D eigenvalue weighted by Gasteiger charge is -2.18. The van der Waals surface area contributed by atoms with Crippen molar-refractivity contribution in [2.45, 2.75) is 41.0 Å². The van der Waals surface area contributed by atoms with Crippen LogP contribution in [0.15, 0.2) is 10.4 Å². The molecular formula is C16H29N5OS. The van der Waals surface area contributed by atoms with E-state index in [4.69, 9.17) is 0 Å². The van der Waals surface area contributed by atoms with E-state index < -0.39 is 0 Å². The third-order valence-electron chi connectivity index (χ3n) is 3.03. The molecular weight excluding hydrogens is 310 g/mol. The molecule has 1 aromatic heterocycles. The first-order valence-electron chi connectivity index (χ1n) is 8.04. The van der Waals surface area contributed by atoms with Gasteiger partial charge in [0, 0.05) is 43.4 Å². The molecule has 0 aromatic carbocycles. The number of amides is 1. The van der Waals surface area contributed by atoms with Gasteiger partial charge in [0.1, 0.15) is 0 Å². The second-order valence-electron chi connectivity index (χ2n) is 6.30. The molecule has 1 heterocycles. The van der Waals surface area contributed by atoms with E-state index in [1.807, 2.05) is 34.6 Å². The quantitative estimate of drug-likeness (QED) is 0.401. The predicted octanol–water partition coefficient (Wildman–Crippen LogP) is 1.71. The Morgan fingerprint density at radius 1 is 1.26 bits per heavy atom. The molecule has 0 atom stereocenters. The Labute approximate surface area is 143 Å². The summed E-state index contributed by atoms with van der Waals surface area (Å²) in [5.41, 5.74) is 0.731. The van der Waals surface area contributed by atoms with Crippen LogP contribution in [0.4, 0.5) is 0 Å². The van der Waals surface area contributed by atoms with Gasteiger partial charge in [0.15, 0.2) is 5.96 Å². The highest BCUT2D eigenvalue weighted by molar-refractivity contribution is 7.09. The van der Waals surface area contributed by atoms with Crippen molar-refractivity contribution in [1.82, 2.24) is 20.9 Å². The summed E-state index contributed by atoms with van der Waals surface area (Å²) in [6.07, 6.45) is 0.835. The molecule has 1 amide bonds. The van der Waals surface area contributed by atoms with Crippen molar-refractivity contribution in [3.8, 4) is 0 Å². The predicted molar refractivity (Wildman–Crippen MR) is 97.0 cm³/mol. The molecule has 0 radical (unpaired) electrons. The number of rotatable bonds is 7. The standard InChI is InChI=1S/C16H29N5OS/c1-6-17-15(19-8-7-13-11-23-12(2)21-13)20-10-9-18-14(22)16(3,4)5/h11H,6-10H2,1-5H3,(H,18,22)(H2,17,19,20). The summed E-state index contributed by atoms with van der Waals surface area (Å²) < 4.78 is 0. The molecule has 1 aromatic rings. The monoisotopic (exact) mass is 339 g/mol. The number of carbonyl (C=O) groups excluding carboxylic acids is 1. The fraction of sp³-hybridized carbons (Fsp3) is 0.688. The van der Waals surface area contributed by atoms with Gasteiger partial charge in [-0.1, -0.05) is 20.8 Å². The van der Waals surface area contributed by atoms with Gasteiger partial charge in [-0.25, -0.2) is 4.98 Å². The van der Waals surface area contributed by atoms with Gasteiger partial charge < -0.3 is 16.0 Å². The average molecular weight is 340 g/mol. The van der Waals surface area contributed by atoms with Gasteiger partial charge in [-0.3, -0.25) is 9.79 Å². The first-order valence-corrected chi connectivity index (χ1v) is 8.92. The third-order valence-corrected chi connectivity index (χ3v) is 3.86. The highest BCUT2D eigenvalue weighted by Crippen LogP contribution is 2.11. The smallest absolute Gasteiger partial charge is 0.225 e. The van der Waals surface area contributed by atoms with E-state index >= 15 is 0 Å². The highest BCUT2D eigenvalue weighted by Gasteiger charge is 2.20. The summed E-state index contributed by atoms with van der Waals surface area (Å²) in [4.78, 5) is 20.7. The van der Waals surface area contributed by atoms with Gasteiger partial charge in [0.2, 0.25) is 5.91 Å². The van der Waals surface area contributed by atoms with Crippen LogP contribution in [0, 0.1) is 12.3 Å². The summed E-state index contributed by atoms with van der Waals surface area (Å²) in [6.45, 7) is 12.5. The van der Waals surface area contributed by atoms with Crippen LogP contribution in [-0.4, -0.2) is 43.0 Å². The van der Waals surface area contributed by atoms with Crippen molar-refractivity contribution in [3.05, 3.63) is 16.1 Å². The molecule has 7 heteroatoms. The van der Waals surface area contributed by atoms with Gasteiger partial charge >= 0.3 is 0 Å². The number of thiazole rings is 1. The molecule has 0 unspecified atom stereocenters. The van der Waals surface area contributed by atoms with Crippen molar-refractivity contribution in [3.63, 3.8) is 0 Å². The van der Waals surface area contributed by atoms with Gasteiger partial charge in [-0.2, -0.15) is 0 Å². The third kappa shape index (κ3) is 7.97. The SMILES string of the molecule is CCNC(=NCCc1csc(C)n1)NCCNC(=O)C(C)(C)C. The number of nitrogens with one attached hydrogen (secondary N) is 3. The summed E-state index contributed by atoms with van der Waals surface area (Å²) in [5.74, 6) is 0.824. The minimum absolute atomic E-state index is 0.0557. The van der Waals surface area contributed by atoms with Crippen molar-refractivity contribution < 1.29 is 4.79 Å². The van der Waals surface area contributed by atoms with Crippen molar-refractivity contribution in [1.29, 1.82) is 0 Å². The van der Waals surface area contributed by atoms with Crippen LogP contribution in [0.1, 0.15) is 38.4 Å². The number of carbonyl (C=O) groups is 1. The van der Waals surface area contributed by atoms with E-state index in [2.05, 4.69) is 31.3 Å². The van der Waals surface area contributed by atoms with E-state index in [-0.39, 0.29) is 11.3 Å². The Morgan fingerprint density at radius 2 is 1.96 bits per heavy atom. The lowest BCUT2D eigenvalue weighted by molar-refractivity contribution is -0.128. The Bertz CT molecular complexity index is 519. The number of hydrogen-bond donors (Lipinski definition) is 3. The molecule has 3 N–H and O–H groups in total. The van der Waals surface area contributed by atoms with Crippen molar-refractivity contribution in [2.75, 3.05) is 26.2 Å².